The van der Waals surface area contributed by atoms with Gasteiger partial charge >= 0.3 is 0 Å². The summed E-state index contributed by atoms with van der Waals surface area (Å²) in [5.74, 6) is 3.36. The van der Waals surface area contributed by atoms with Crippen LogP contribution in [-0.2, 0) is 0 Å². The van der Waals surface area contributed by atoms with E-state index < -0.39 is 0 Å². The maximum atomic E-state index is 5.20. The Balaban J connectivity index is 2.56. The minimum absolute atomic E-state index is 0.231. The molecule has 0 spiro atoms. The number of nitrogens with zero attached hydrogens (tertiary/aromatic N) is 2. The number of aromatic nitrogens is 2. The van der Waals surface area contributed by atoms with Crippen LogP contribution in [0.3, 0.4) is 0 Å². The van der Waals surface area contributed by atoms with Crippen molar-refractivity contribution in [2.45, 2.75) is 24.4 Å². The van der Waals surface area contributed by atoms with Gasteiger partial charge in [-0.15, -0.1) is 34.3 Å². The van der Waals surface area contributed by atoms with Crippen molar-refractivity contribution in [2.24, 2.45) is 0 Å². The molecule has 1 unspecified atom stereocenters. The Hall–Kier alpha value is -1.21. The molecule has 0 saturated heterocycles. The summed E-state index contributed by atoms with van der Waals surface area (Å²) in [5.41, 5.74) is 0. The zero-order chi connectivity index (χ0) is 10.4. The van der Waals surface area contributed by atoms with E-state index in [-0.39, 0.29) is 6.04 Å². The van der Waals surface area contributed by atoms with Crippen molar-refractivity contribution in [3.63, 3.8) is 0 Å². The topological polar surface area (TPSA) is 37.8 Å². The minimum Gasteiger partial charge on any atom is -0.365 e. The molecule has 1 rings (SSSR count). The van der Waals surface area contributed by atoms with Crippen LogP contribution in [0.5, 0.6) is 0 Å². The lowest BCUT2D eigenvalue weighted by molar-refractivity contribution is 0.806. The highest BCUT2D eigenvalue weighted by molar-refractivity contribution is 7.98. The molecule has 0 saturated carbocycles. The fraction of sp³-hybridized carbons (Fsp3) is 0.400. The molecular weight excluding hydrogens is 194 g/mol. The SMILES string of the molecule is C#CCC(C)Nc1ccc(SC)nn1. The zero-order valence-electron chi connectivity index (χ0n) is 8.32. The standard InChI is InChI=1S/C10H13N3S/c1-4-5-8(2)11-9-6-7-10(14-3)13-12-9/h1,6-8H,5H2,2-3H3,(H,11,12). The molecule has 14 heavy (non-hydrogen) atoms. The van der Waals surface area contributed by atoms with E-state index in [9.17, 15) is 0 Å². The van der Waals surface area contributed by atoms with Crippen LogP contribution < -0.4 is 5.32 Å². The monoisotopic (exact) mass is 207 g/mol. The van der Waals surface area contributed by atoms with Gasteiger partial charge in [0.15, 0.2) is 0 Å². The quantitative estimate of drug-likeness (QED) is 0.605. The number of anilines is 1. The smallest absolute Gasteiger partial charge is 0.148 e. The van der Waals surface area contributed by atoms with Gasteiger partial charge in [0.2, 0.25) is 0 Å². The average Bonchev–Trinajstić information content (AvgIpc) is 2.19. The lowest BCUT2D eigenvalue weighted by atomic mass is 10.2. The first kappa shape index (κ1) is 10.9. The Kier molecular flexibility index (Phi) is 4.27. The fourth-order valence-corrected chi connectivity index (χ4v) is 1.31. The van der Waals surface area contributed by atoms with Crippen molar-refractivity contribution in [1.29, 1.82) is 0 Å². The molecule has 0 radical (unpaired) electrons. The lowest BCUT2D eigenvalue weighted by Gasteiger charge is -2.10. The van der Waals surface area contributed by atoms with Gasteiger partial charge in [0.25, 0.3) is 0 Å². The summed E-state index contributed by atoms with van der Waals surface area (Å²) in [5, 5.41) is 12.1. The van der Waals surface area contributed by atoms with Crippen molar-refractivity contribution in [2.75, 3.05) is 11.6 Å². The maximum Gasteiger partial charge on any atom is 0.148 e. The number of hydrogen-bond donors (Lipinski definition) is 1. The van der Waals surface area contributed by atoms with Crippen molar-refractivity contribution in [3.8, 4) is 12.3 Å². The summed E-state index contributed by atoms with van der Waals surface area (Å²) in [6.07, 6.45) is 7.86. The molecule has 1 aromatic rings. The van der Waals surface area contributed by atoms with Gasteiger partial charge < -0.3 is 5.32 Å². The molecule has 0 aliphatic rings. The van der Waals surface area contributed by atoms with Gasteiger partial charge in [-0.3, -0.25) is 0 Å². The number of thioether (sulfide) groups is 1. The summed E-state index contributed by atoms with van der Waals surface area (Å²) < 4.78 is 0. The van der Waals surface area contributed by atoms with E-state index in [4.69, 9.17) is 6.42 Å². The van der Waals surface area contributed by atoms with Gasteiger partial charge in [-0.1, -0.05) is 0 Å². The minimum atomic E-state index is 0.231. The Morgan fingerprint density at radius 1 is 1.57 bits per heavy atom. The van der Waals surface area contributed by atoms with Crippen LogP contribution in [-0.4, -0.2) is 22.5 Å². The van der Waals surface area contributed by atoms with E-state index in [1.165, 1.54) is 0 Å². The molecule has 0 aromatic carbocycles. The second-order valence-electron chi connectivity index (χ2n) is 2.91. The summed E-state index contributed by atoms with van der Waals surface area (Å²) in [6, 6.07) is 4.07. The Morgan fingerprint density at radius 3 is 2.86 bits per heavy atom. The molecule has 0 bridgehead atoms. The largest absolute Gasteiger partial charge is 0.365 e. The third kappa shape index (κ3) is 3.27. The van der Waals surface area contributed by atoms with Gasteiger partial charge in [-0.2, -0.15) is 0 Å². The Bertz CT molecular complexity index is 315. The number of rotatable bonds is 4. The molecular formula is C10H13N3S. The van der Waals surface area contributed by atoms with Crippen LogP contribution >= 0.6 is 11.8 Å². The molecule has 4 heteroatoms. The first-order chi connectivity index (χ1) is 6.76. The summed E-state index contributed by atoms with van der Waals surface area (Å²) in [6.45, 7) is 2.02. The first-order valence-electron chi connectivity index (χ1n) is 4.34. The van der Waals surface area contributed by atoms with Crippen LogP contribution in [0.1, 0.15) is 13.3 Å². The van der Waals surface area contributed by atoms with Gasteiger partial charge in [0.05, 0.1) is 0 Å². The molecule has 0 fully saturated rings. The third-order valence-corrected chi connectivity index (χ3v) is 2.30. The van der Waals surface area contributed by atoms with Gasteiger partial charge in [-0.05, 0) is 25.3 Å². The molecule has 1 N–H and O–H groups in total. The van der Waals surface area contributed by atoms with Crippen molar-refractivity contribution in [1.82, 2.24) is 10.2 Å². The summed E-state index contributed by atoms with van der Waals surface area (Å²) in [7, 11) is 0. The van der Waals surface area contributed by atoms with Crippen LogP contribution in [0.4, 0.5) is 5.82 Å². The van der Waals surface area contributed by atoms with Crippen molar-refractivity contribution in [3.05, 3.63) is 12.1 Å². The first-order valence-corrected chi connectivity index (χ1v) is 5.56. The van der Waals surface area contributed by atoms with Crippen molar-refractivity contribution >= 4 is 17.6 Å². The van der Waals surface area contributed by atoms with E-state index in [0.717, 1.165) is 10.8 Å². The third-order valence-electron chi connectivity index (χ3n) is 1.67. The van der Waals surface area contributed by atoms with Gasteiger partial charge in [0, 0.05) is 12.5 Å². The summed E-state index contributed by atoms with van der Waals surface area (Å²) >= 11 is 1.57. The molecule has 1 atom stereocenters. The van der Waals surface area contributed by atoms with Gasteiger partial charge in [0.1, 0.15) is 10.8 Å². The number of nitrogens with one attached hydrogen (secondary N) is 1. The highest BCUT2D eigenvalue weighted by Gasteiger charge is 2.01. The Labute approximate surface area is 88.7 Å². The Morgan fingerprint density at radius 2 is 2.36 bits per heavy atom. The van der Waals surface area contributed by atoms with Crippen LogP contribution in [0, 0.1) is 12.3 Å². The van der Waals surface area contributed by atoms with E-state index in [2.05, 4.69) is 21.4 Å². The highest BCUT2D eigenvalue weighted by atomic mass is 32.2. The van der Waals surface area contributed by atoms with Crippen LogP contribution in [0.25, 0.3) is 0 Å². The van der Waals surface area contributed by atoms with E-state index in [0.29, 0.717) is 6.42 Å². The van der Waals surface area contributed by atoms with E-state index in [1.54, 1.807) is 11.8 Å². The van der Waals surface area contributed by atoms with E-state index in [1.807, 2.05) is 25.3 Å². The molecule has 1 aromatic heterocycles. The normalized spacial score (nSPS) is 11.8. The predicted octanol–water partition coefficient (Wildman–Crippen LogP) is 2.02. The highest BCUT2D eigenvalue weighted by Crippen LogP contribution is 2.12. The number of hydrogen-bond acceptors (Lipinski definition) is 4. The molecule has 0 aliphatic heterocycles. The fourth-order valence-electron chi connectivity index (χ4n) is 0.986. The maximum absolute atomic E-state index is 5.20. The van der Waals surface area contributed by atoms with Crippen LogP contribution in [0.2, 0.25) is 0 Å². The lowest BCUT2D eigenvalue weighted by Crippen LogP contribution is -2.15. The molecule has 0 aliphatic carbocycles. The zero-order valence-corrected chi connectivity index (χ0v) is 9.14. The summed E-state index contributed by atoms with van der Waals surface area (Å²) in [4.78, 5) is 0. The molecule has 3 nitrogen and oxygen atoms in total. The van der Waals surface area contributed by atoms with E-state index >= 15 is 0 Å². The van der Waals surface area contributed by atoms with Crippen molar-refractivity contribution < 1.29 is 0 Å². The number of terminal acetylenes is 1. The van der Waals surface area contributed by atoms with Gasteiger partial charge in [-0.25, -0.2) is 0 Å². The second-order valence-corrected chi connectivity index (χ2v) is 3.74. The van der Waals surface area contributed by atoms with Crippen LogP contribution in [0.15, 0.2) is 17.2 Å². The second kappa shape index (κ2) is 5.51. The molecule has 0 amide bonds. The molecule has 74 valence electrons. The predicted molar refractivity (Wildman–Crippen MR) is 60.3 cm³/mol. The average molecular weight is 207 g/mol. The molecule has 1 heterocycles.